The Bertz CT molecular complexity index is 2910. The standard InChI is InChI=1S/C50H36O/c1-49(2)39-22-12-9-20-36(39)46-41(49)28-38(48-47(46)37-21-10-13-23-40(37)50(48,3)4)45-34-18-7-5-16-32(34)44(33-17-6-8-19-35(33)45)29-25-26-31-30-15-11-14-24-42(30)51-43(31)27-29/h5-28H,1-4H3. The normalized spacial score (nSPS) is 15.0. The Hall–Kier alpha value is -5.92. The zero-order valence-electron chi connectivity index (χ0n) is 29.3. The van der Waals surface area contributed by atoms with Gasteiger partial charge in [0.1, 0.15) is 11.2 Å². The molecule has 0 spiro atoms. The molecular formula is C50H36O. The summed E-state index contributed by atoms with van der Waals surface area (Å²) in [7, 11) is 0. The monoisotopic (exact) mass is 652 g/mol. The van der Waals surface area contributed by atoms with Gasteiger partial charge in [0.25, 0.3) is 0 Å². The third-order valence-electron chi connectivity index (χ3n) is 12.2. The lowest BCUT2D eigenvalue weighted by Crippen LogP contribution is -2.18. The maximum Gasteiger partial charge on any atom is 0.136 e. The molecule has 0 unspecified atom stereocenters. The highest BCUT2D eigenvalue weighted by Gasteiger charge is 2.45. The molecule has 1 aromatic heterocycles. The maximum absolute atomic E-state index is 6.42. The molecule has 8 aromatic carbocycles. The van der Waals surface area contributed by atoms with Crippen LogP contribution >= 0.6 is 0 Å². The molecule has 2 aliphatic rings. The number of furan rings is 1. The summed E-state index contributed by atoms with van der Waals surface area (Å²) in [5.74, 6) is 0. The zero-order chi connectivity index (χ0) is 34.2. The van der Waals surface area contributed by atoms with Crippen LogP contribution in [-0.4, -0.2) is 0 Å². The van der Waals surface area contributed by atoms with Gasteiger partial charge in [-0.05, 0) is 113 Å². The van der Waals surface area contributed by atoms with Crippen LogP contribution in [0.5, 0.6) is 0 Å². The van der Waals surface area contributed by atoms with Crippen LogP contribution in [0, 0.1) is 0 Å². The second-order valence-corrected chi connectivity index (χ2v) is 15.6. The fourth-order valence-electron chi connectivity index (χ4n) is 9.95. The molecule has 0 atom stereocenters. The number of rotatable bonds is 2. The van der Waals surface area contributed by atoms with E-state index in [2.05, 4.69) is 167 Å². The molecule has 0 radical (unpaired) electrons. The Kier molecular flexibility index (Phi) is 5.58. The molecule has 1 nitrogen and oxygen atoms in total. The average Bonchev–Trinajstić information content (AvgIpc) is 3.73. The molecule has 11 rings (SSSR count). The smallest absolute Gasteiger partial charge is 0.136 e. The molecule has 0 fully saturated rings. The lowest BCUT2D eigenvalue weighted by Gasteiger charge is -2.29. The Morgan fingerprint density at radius 1 is 0.353 bits per heavy atom. The van der Waals surface area contributed by atoms with Crippen molar-refractivity contribution < 1.29 is 4.42 Å². The molecule has 0 bridgehead atoms. The van der Waals surface area contributed by atoms with Crippen molar-refractivity contribution in [2.45, 2.75) is 38.5 Å². The topological polar surface area (TPSA) is 13.1 Å². The van der Waals surface area contributed by atoms with Gasteiger partial charge in [-0.15, -0.1) is 0 Å². The van der Waals surface area contributed by atoms with Crippen LogP contribution < -0.4 is 0 Å². The number of para-hydroxylation sites is 1. The summed E-state index contributed by atoms with van der Waals surface area (Å²) in [6.07, 6.45) is 0. The summed E-state index contributed by atoms with van der Waals surface area (Å²) in [5.41, 5.74) is 17.8. The van der Waals surface area contributed by atoms with Crippen molar-refractivity contribution in [3.63, 3.8) is 0 Å². The van der Waals surface area contributed by atoms with Crippen molar-refractivity contribution in [1.82, 2.24) is 0 Å². The molecule has 9 aromatic rings. The Morgan fingerprint density at radius 3 is 1.53 bits per heavy atom. The first kappa shape index (κ1) is 28.9. The number of benzene rings is 8. The van der Waals surface area contributed by atoms with Gasteiger partial charge in [-0.1, -0.05) is 149 Å². The summed E-state index contributed by atoms with van der Waals surface area (Å²) >= 11 is 0. The first-order chi connectivity index (χ1) is 24.8. The minimum Gasteiger partial charge on any atom is -0.456 e. The van der Waals surface area contributed by atoms with Gasteiger partial charge in [-0.3, -0.25) is 0 Å². The Balaban J connectivity index is 1.28. The molecular weight excluding hydrogens is 617 g/mol. The van der Waals surface area contributed by atoms with E-state index in [1.807, 2.05) is 6.07 Å². The van der Waals surface area contributed by atoms with E-state index in [1.165, 1.54) is 88.3 Å². The SMILES string of the molecule is CC1(C)c2ccccc2-c2c1cc(-c1c3ccccc3c(-c3ccc4c(c3)oc3ccccc34)c3ccccc13)c1c2-c2ccccc2C1(C)C. The molecule has 2 aliphatic carbocycles. The number of hydrogen-bond acceptors (Lipinski definition) is 1. The second kappa shape index (κ2) is 9.86. The minimum atomic E-state index is -0.189. The van der Waals surface area contributed by atoms with Crippen molar-refractivity contribution in [1.29, 1.82) is 0 Å². The van der Waals surface area contributed by atoms with Gasteiger partial charge < -0.3 is 4.42 Å². The van der Waals surface area contributed by atoms with Crippen LogP contribution in [0.3, 0.4) is 0 Å². The largest absolute Gasteiger partial charge is 0.456 e. The van der Waals surface area contributed by atoms with E-state index in [1.54, 1.807) is 0 Å². The quantitative estimate of drug-likeness (QED) is 0.169. The highest BCUT2D eigenvalue weighted by atomic mass is 16.3. The molecule has 0 aliphatic heterocycles. The van der Waals surface area contributed by atoms with Gasteiger partial charge in [-0.2, -0.15) is 0 Å². The second-order valence-electron chi connectivity index (χ2n) is 15.6. The summed E-state index contributed by atoms with van der Waals surface area (Å²) in [4.78, 5) is 0. The van der Waals surface area contributed by atoms with E-state index in [-0.39, 0.29) is 10.8 Å². The van der Waals surface area contributed by atoms with Crippen molar-refractivity contribution >= 4 is 43.5 Å². The minimum absolute atomic E-state index is 0.134. The fraction of sp³-hybridized carbons (Fsp3) is 0.120. The molecule has 0 amide bonds. The summed E-state index contributed by atoms with van der Waals surface area (Å²) in [6.45, 7) is 9.68. The van der Waals surface area contributed by atoms with Crippen LogP contribution in [0.4, 0.5) is 0 Å². The summed E-state index contributed by atoms with van der Waals surface area (Å²) < 4.78 is 6.42. The van der Waals surface area contributed by atoms with E-state index < -0.39 is 0 Å². The van der Waals surface area contributed by atoms with Gasteiger partial charge in [0.15, 0.2) is 0 Å². The van der Waals surface area contributed by atoms with Crippen molar-refractivity contribution in [2.75, 3.05) is 0 Å². The van der Waals surface area contributed by atoms with Crippen LogP contribution in [0.1, 0.15) is 49.9 Å². The first-order valence-corrected chi connectivity index (χ1v) is 18.1. The predicted molar refractivity (Wildman–Crippen MR) is 215 cm³/mol. The average molecular weight is 653 g/mol. The lowest BCUT2D eigenvalue weighted by atomic mass is 9.74. The van der Waals surface area contributed by atoms with E-state index in [0.29, 0.717) is 0 Å². The van der Waals surface area contributed by atoms with E-state index in [0.717, 1.165) is 21.9 Å². The van der Waals surface area contributed by atoms with Crippen LogP contribution in [0.25, 0.3) is 88.0 Å². The molecule has 1 heterocycles. The Morgan fingerprint density at radius 2 is 0.863 bits per heavy atom. The van der Waals surface area contributed by atoms with Crippen molar-refractivity contribution in [3.05, 3.63) is 168 Å². The highest BCUT2D eigenvalue weighted by Crippen LogP contribution is 2.62. The maximum atomic E-state index is 6.42. The zero-order valence-corrected chi connectivity index (χ0v) is 29.3. The lowest BCUT2D eigenvalue weighted by molar-refractivity contribution is 0.652. The summed E-state index contributed by atoms with van der Waals surface area (Å²) in [6, 6.07) is 54.0. The van der Waals surface area contributed by atoms with Crippen LogP contribution in [-0.2, 0) is 10.8 Å². The third-order valence-corrected chi connectivity index (χ3v) is 12.2. The van der Waals surface area contributed by atoms with E-state index in [4.69, 9.17) is 4.42 Å². The number of fused-ring (bicyclic) bond motifs is 12. The fourth-order valence-corrected chi connectivity index (χ4v) is 9.95. The van der Waals surface area contributed by atoms with Crippen LogP contribution in [0.15, 0.2) is 150 Å². The molecule has 242 valence electrons. The van der Waals surface area contributed by atoms with Crippen LogP contribution in [0.2, 0.25) is 0 Å². The van der Waals surface area contributed by atoms with Gasteiger partial charge in [-0.25, -0.2) is 0 Å². The molecule has 51 heavy (non-hydrogen) atoms. The highest BCUT2D eigenvalue weighted by molar-refractivity contribution is 6.23. The van der Waals surface area contributed by atoms with Gasteiger partial charge >= 0.3 is 0 Å². The van der Waals surface area contributed by atoms with Crippen molar-refractivity contribution in [2.24, 2.45) is 0 Å². The van der Waals surface area contributed by atoms with E-state index >= 15 is 0 Å². The van der Waals surface area contributed by atoms with E-state index in [9.17, 15) is 0 Å². The molecule has 0 saturated heterocycles. The molecule has 1 heteroatoms. The third kappa shape index (κ3) is 3.66. The Labute approximate surface area is 297 Å². The van der Waals surface area contributed by atoms with Crippen molar-refractivity contribution in [3.8, 4) is 44.5 Å². The number of hydrogen-bond donors (Lipinski definition) is 0. The molecule has 0 N–H and O–H groups in total. The first-order valence-electron chi connectivity index (χ1n) is 18.1. The van der Waals surface area contributed by atoms with Gasteiger partial charge in [0, 0.05) is 21.6 Å². The molecule has 0 saturated carbocycles. The summed E-state index contributed by atoms with van der Waals surface area (Å²) in [5, 5.41) is 7.37. The van der Waals surface area contributed by atoms with Gasteiger partial charge in [0.2, 0.25) is 0 Å². The predicted octanol–water partition coefficient (Wildman–Crippen LogP) is 13.8. The van der Waals surface area contributed by atoms with Gasteiger partial charge in [0.05, 0.1) is 0 Å².